The second kappa shape index (κ2) is 5.94. The highest BCUT2D eigenvalue weighted by Crippen LogP contribution is 2.30. The Hall–Kier alpha value is -1.05. The van der Waals surface area contributed by atoms with Crippen molar-refractivity contribution in [3.05, 3.63) is 38.7 Å². The first-order valence-electron chi connectivity index (χ1n) is 5.29. The fourth-order valence-electron chi connectivity index (χ4n) is 1.53. The lowest BCUT2D eigenvalue weighted by molar-refractivity contribution is 0.181. The molecule has 2 N–H and O–H groups in total. The van der Waals surface area contributed by atoms with Gasteiger partial charge >= 0.3 is 0 Å². The molecule has 4 nitrogen and oxygen atoms in total. The van der Waals surface area contributed by atoms with E-state index in [4.69, 9.17) is 10.5 Å². The maximum Gasteiger partial charge on any atom is 0.163 e. The Kier molecular flexibility index (Phi) is 4.49. The van der Waals surface area contributed by atoms with Crippen molar-refractivity contribution in [2.24, 2.45) is 0 Å². The smallest absolute Gasteiger partial charge is 0.163 e. The van der Waals surface area contributed by atoms with Gasteiger partial charge in [-0.3, -0.25) is 0 Å². The number of rotatable bonds is 3. The summed E-state index contributed by atoms with van der Waals surface area (Å²) in [6.07, 6.45) is 0. The number of nitrogen functional groups attached to an aromatic ring is 1. The lowest BCUT2D eigenvalue weighted by Crippen LogP contribution is -2.04. The monoisotopic (exact) mass is 389 g/mol. The summed E-state index contributed by atoms with van der Waals surface area (Å²) in [7, 11) is 1.56. The first-order chi connectivity index (χ1) is 9.02. The van der Waals surface area contributed by atoms with Crippen molar-refractivity contribution in [3.8, 4) is 11.4 Å². The van der Waals surface area contributed by atoms with Gasteiger partial charge in [-0.25, -0.2) is 14.4 Å². The summed E-state index contributed by atoms with van der Waals surface area (Å²) >= 11 is 6.65. The average Bonchev–Trinajstić information content (AvgIpc) is 2.38. The molecule has 0 fully saturated rings. The van der Waals surface area contributed by atoms with Gasteiger partial charge in [-0.05, 0) is 34.1 Å². The van der Waals surface area contributed by atoms with Crippen LogP contribution in [0.1, 0.15) is 5.69 Å². The van der Waals surface area contributed by atoms with Crippen LogP contribution in [-0.2, 0) is 11.3 Å². The number of nitrogens with two attached hydrogens (primary N) is 1. The maximum atomic E-state index is 13.3. The SMILES string of the molecule is COCc1nc(-c2cc(F)ccc2Br)nc(N)c1Br. The van der Waals surface area contributed by atoms with E-state index >= 15 is 0 Å². The number of anilines is 1. The lowest BCUT2D eigenvalue weighted by atomic mass is 10.2. The first kappa shape index (κ1) is 14.4. The largest absolute Gasteiger partial charge is 0.383 e. The number of hydrogen-bond donors (Lipinski definition) is 1. The molecule has 100 valence electrons. The third kappa shape index (κ3) is 3.10. The van der Waals surface area contributed by atoms with E-state index in [1.807, 2.05) is 0 Å². The number of hydrogen-bond acceptors (Lipinski definition) is 4. The molecule has 0 aliphatic heterocycles. The second-order valence-electron chi connectivity index (χ2n) is 3.75. The maximum absolute atomic E-state index is 13.3. The molecule has 0 atom stereocenters. The fraction of sp³-hybridized carbons (Fsp3) is 0.167. The normalized spacial score (nSPS) is 10.7. The molecular formula is C12H10Br2FN3O. The van der Waals surface area contributed by atoms with Gasteiger partial charge in [0.05, 0.1) is 16.8 Å². The average molecular weight is 391 g/mol. The predicted molar refractivity (Wildman–Crippen MR) is 78.0 cm³/mol. The molecule has 0 radical (unpaired) electrons. The predicted octanol–water partition coefficient (Wildman–Crippen LogP) is 3.54. The van der Waals surface area contributed by atoms with Crippen molar-refractivity contribution in [3.63, 3.8) is 0 Å². The van der Waals surface area contributed by atoms with Crippen LogP contribution in [0.5, 0.6) is 0 Å². The van der Waals surface area contributed by atoms with Gasteiger partial charge in [0.25, 0.3) is 0 Å². The molecule has 0 unspecified atom stereocenters. The molecule has 0 bridgehead atoms. The molecule has 2 aromatic rings. The van der Waals surface area contributed by atoms with E-state index < -0.39 is 0 Å². The first-order valence-corrected chi connectivity index (χ1v) is 6.87. The highest BCUT2D eigenvalue weighted by atomic mass is 79.9. The summed E-state index contributed by atoms with van der Waals surface area (Å²) in [6, 6.07) is 4.30. The lowest BCUT2D eigenvalue weighted by Gasteiger charge is -2.09. The Morgan fingerprint density at radius 2 is 2.05 bits per heavy atom. The molecule has 7 heteroatoms. The highest BCUT2D eigenvalue weighted by Gasteiger charge is 2.14. The van der Waals surface area contributed by atoms with E-state index in [9.17, 15) is 4.39 Å². The molecule has 1 heterocycles. The molecule has 0 aliphatic carbocycles. The Labute approximate surface area is 126 Å². The molecule has 0 amide bonds. The van der Waals surface area contributed by atoms with Gasteiger partial charge in [0, 0.05) is 17.1 Å². The van der Waals surface area contributed by atoms with Gasteiger partial charge in [-0.2, -0.15) is 0 Å². The van der Waals surface area contributed by atoms with Crippen LogP contribution in [-0.4, -0.2) is 17.1 Å². The van der Waals surface area contributed by atoms with Crippen LogP contribution in [0.3, 0.4) is 0 Å². The summed E-state index contributed by atoms with van der Waals surface area (Å²) in [5.74, 6) is 0.268. The van der Waals surface area contributed by atoms with E-state index in [2.05, 4.69) is 41.8 Å². The second-order valence-corrected chi connectivity index (χ2v) is 5.40. The van der Waals surface area contributed by atoms with E-state index in [1.54, 1.807) is 13.2 Å². The van der Waals surface area contributed by atoms with Crippen molar-refractivity contribution in [1.82, 2.24) is 9.97 Å². The van der Waals surface area contributed by atoms with Crippen molar-refractivity contribution >= 4 is 37.7 Å². The Balaban J connectivity index is 2.59. The molecule has 1 aromatic carbocycles. The number of ether oxygens (including phenoxy) is 1. The quantitative estimate of drug-likeness (QED) is 0.870. The fourth-order valence-corrected chi connectivity index (χ4v) is 2.25. The molecule has 0 saturated carbocycles. The van der Waals surface area contributed by atoms with Crippen LogP contribution in [0, 0.1) is 5.82 Å². The van der Waals surface area contributed by atoms with Gasteiger partial charge < -0.3 is 10.5 Å². The molecule has 0 spiro atoms. The zero-order valence-electron chi connectivity index (χ0n) is 9.95. The summed E-state index contributed by atoms with van der Waals surface area (Å²) in [5.41, 5.74) is 6.97. The van der Waals surface area contributed by atoms with E-state index in [-0.39, 0.29) is 18.2 Å². The minimum Gasteiger partial charge on any atom is -0.383 e. The minimum atomic E-state index is -0.364. The van der Waals surface area contributed by atoms with Crippen molar-refractivity contribution in [2.45, 2.75) is 6.61 Å². The molecule has 1 aromatic heterocycles. The van der Waals surface area contributed by atoms with Gasteiger partial charge in [0.15, 0.2) is 5.82 Å². The van der Waals surface area contributed by atoms with E-state index in [0.717, 1.165) is 0 Å². The number of halogens is 3. The van der Waals surface area contributed by atoms with Crippen molar-refractivity contribution < 1.29 is 9.13 Å². The van der Waals surface area contributed by atoms with E-state index in [1.165, 1.54) is 12.1 Å². The zero-order valence-corrected chi connectivity index (χ0v) is 13.1. The highest BCUT2D eigenvalue weighted by molar-refractivity contribution is 9.11. The van der Waals surface area contributed by atoms with Crippen molar-refractivity contribution in [1.29, 1.82) is 0 Å². The van der Waals surface area contributed by atoms with Gasteiger partial charge in [-0.15, -0.1) is 0 Å². The third-order valence-corrected chi connectivity index (χ3v) is 3.95. The number of nitrogens with zero attached hydrogens (tertiary/aromatic N) is 2. The third-order valence-electron chi connectivity index (χ3n) is 2.40. The molecule has 19 heavy (non-hydrogen) atoms. The van der Waals surface area contributed by atoms with Crippen LogP contribution in [0.25, 0.3) is 11.4 Å². The van der Waals surface area contributed by atoms with Crippen LogP contribution in [0.2, 0.25) is 0 Å². The standard InChI is InChI=1S/C12H10Br2FN3O/c1-19-5-9-10(14)11(16)18-12(17-9)7-4-6(15)2-3-8(7)13/h2-4H,5H2,1H3,(H2,16,17,18). The Morgan fingerprint density at radius 1 is 1.32 bits per heavy atom. The number of aromatic nitrogens is 2. The minimum absolute atomic E-state index is 0.285. The summed E-state index contributed by atoms with van der Waals surface area (Å²) in [6.45, 7) is 0.285. The van der Waals surface area contributed by atoms with Gasteiger partial charge in [0.2, 0.25) is 0 Å². The van der Waals surface area contributed by atoms with E-state index in [0.29, 0.717) is 26.0 Å². The Morgan fingerprint density at radius 3 is 2.74 bits per heavy atom. The zero-order chi connectivity index (χ0) is 14.0. The van der Waals surface area contributed by atoms with Crippen molar-refractivity contribution in [2.75, 3.05) is 12.8 Å². The van der Waals surface area contributed by atoms with Gasteiger partial charge in [0.1, 0.15) is 11.6 Å². The summed E-state index contributed by atoms with van der Waals surface area (Å²) in [4.78, 5) is 8.49. The Bertz CT molecular complexity index is 622. The number of methoxy groups -OCH3 is 1. The van der Waals surface area contributed by atoms with Gasteiger partial charge in [-0.1, -0.05) is 15.9 Å². The summed E-state index contributed by atoms with van der Waals surface area (Å²) in [5, 5.41) is 0. The van der Waals surface area contributed by atoms with Crippen LogP contribution < -0.4 is 5.73 Å². The van der Waals surface area contributed by atoms with Crippen LogP contribution >= 0.6 is 31.9 Å². The molecule has 2 rings (SSSR count). The molecular weight excluding hydrogens is 381 g/mol. The topological polar surface area (TPSA) is 61.0 Å². The molecule has 0 aliphatic rings. The number of benzene rings is 1. The molecule has 0 saturated heterocycles. The summed E-state index contributed by atoms with van der Waals surface area (Å²) < 4.78 is 19.6. The van der Waals surface area contributed by atoms with Crippen LogP contribution in [0.4, 0.5) is 10.2 Å². The van der Waals surface area contributed by atoms with Crippen LogP contribution in [0.15, 0.2) is 27.1 Å².